The molecule has 0 aromatic heterocycles. The van der Waals surface area contributed by atoms with E-state index in [0.717, 1.165) is 125 Å². The summed E-state index contributed by atoms with van der Waals surface area (Å²) in [5.74, 6) is -7.99. The molecule has 21 rings (SSSR count). The van der Waals surface area contributed by atoms with Crippen LogP contribution in [-0.2, 0) is 87.7 Å². The molecule has 12 aliphatic carbocycles. The SMILES string of the molecule is C=C[C@@H]1C[C@]1(NC(=O)[C@@H]1C[C@@H]2C[C@H]1C(=O)N(C)CCCC/C=C/COc1ccc3c(c1)/C(=N/O2)c1ccccc1-3)C(=O)NS(=O)(=O)C1CC1.C=C[C@@H]1C[C@]1(NC(=O)[C@@H]1C[C@@H]2C[C@H]1C(=O)N(C)CCCC/C=C/COc1ccc3c(c1)/C(=N\O2)c1ccccc1-3)C(=O)NS(=O)(=O)C1CC1.C=C[C@@H]1C[C@]1(NC(=O)[C@@H]1C[C@@H]2C[C@H]1C(=O)N(C)CCCC/C=C\COc1ccc3c(c1)/C(=N/O2)c1ccccc1-3)C(=O)NS(=O)(=O)C1CC1. The number of fused-ring (bicyclic) bond motifs is 18. The number of amides is 9. The van der Waals surface area contributed by atoms with Crippen molar-refractivity contribution in [2.24, 2.45) is 68.7 Å². The summed E-state index contributed by atoms with van der Waals surface area (Å²) < 4.78 is 100. The van der Waals surface area contributed by atoms with E-state index >= 15 is 0 Å². The van der Waals surface area contributed by atoms with Gasteiger partial charge in [0.25, 0.3) is 17.7 Å². The number of nitrogens with one attached hydrogen (secondary N) is 6. The molecule has 33 nitrogen and oxygen atoms in total. The fraction of sp³-hybridized carbons (Fsp3) is 0.459. The van der Waals surface area contributed by atoms with E-state index in [4.69, 9.17) is 28.7 Å². The Morgan fingerprint density at radius 2 is 0.605 bits per heavy atom. The van der Waals surface area contributed by atoms with Crippen molar-refractivity contribution in [3.8, 4) is 50.6 Å². The molecule has 12 bridgehead atoms. The van der Waals surface area contributed by atoms with Crippen LogP contribution >= 0.6 is 0 Å². The zero-order valence-corrected chi connectivity index (χ0v) is 85.2. The average Bonchev–Trinajstić information content (AvgIpc) is 1.56. The van der Waals surface area contributed by atoms with E-state index in [2.05, 4.69) is 83.5 Å². The molecule has 6 aromatic rings. The Morgan fingerprint density at radius 3 is 0.857 bits per heavy atom. The topological polar surface area (TPSA) is 430 Å². The second-order valence-corrected chi connectivity index (χ2v) is 47.4. The number of rotatable bonds is 18. The van der Waals surface area contributed by atoms with Crippen molar-refractivity contribution < 1.29 is 97.1 Å². The number of hydrogen-bond acceptors (Lipinski definition) is 24. The Hall–Kier alpha value is -13.4. The maximum absolute atomic E-state index is 14.1. The molecule has 36 heteroatoms. The predicted molar refractivity (Wildman–Crippen MR) is 552 cm³/mol. The van der Waals surface area contributed by atoms with Crippen molar-refractivity contribution in [1.29, 1.82) is 0 Å². The van der Waals surface area contributed by atoms with E-state index in [1.165, 1.54) is 0 Å². The summed E-state index contributed by atoms with van der Waals surface area (Å²) in [5, 5.41) is 20.8. The van der Waals surface area contributed by atoms with Gasteiger partial charge in [-0.3, -0.25) is 57.3 Å². The number of allylic oxidation sites excluding steroid dienone is 3. The second kappa shape index (κ2) is 42.5. The summed E-state index contributed by atoms with van der Waals surface area (Å²) in [6, 6.07) is 41.7. The van der Waals surface area contributed by atoms with Crippen LogP contribution in [0.1, 0.15) is 187 Å². The first-order chi connectivity index (χ1) is 70.8. The molecule has 147 heavy (non-hydrogen) atoms. The maximum atomic E-state index is 14.1. The van der Waals surface area contributed by atoms with Gasteiger partial charge in [-0.25, -0.2) is 25.3 Å². The lowest BCUT2D eigenvalue weighted by molar-refractivity contribution is -0.141. The Bertz CT molecular complexity index is 6190. The van der Waals surface area contributed by atoms with Crippen molar-refractivity contribution >= 4 is 100 Å². The number of benzene rings is 6. The van der Waals surface area contributed by atoms with E-state index in [-0.39, 0.29) is 75.5 Å². The summed E-state index contributed by atoms with van der Waals surface area (Å²) in [6.45, 7) is 14.3. The minimum atomic E-state index is -3.82. The highest BCUT2D eigenvalue weighted by atomic mass is 32.2. The van der Waals surface area contributed by atoms with Gasteiger partial charge in [-0.05, 0) is 242 Å². The molecule has 0 saturated heterocycles. The van der Waals surface area contributed by atoms with Crippen LogP contribution in [0.25, 0.3) is 33.4 Å². The number of carbonyl (C=O) groups is 9. The zero-order valence-electron chi connectivity index (χ0n) is 82.8. The highest BCUT2D eigenvalue weighted by Gasteiger charge is 2.66. The molecule has 3 heterocycles. The van der Waals surface area contributed by atoms with Gasteiger partial charge in [-0.15, -0.1) is 19.7 Å². The normalized spacial score (nSPS) is 29.8. The number of sulfonamides is 3. The fourth-order valence-corrected chi connectivity index (χ4v) is 26.1. The molecule has 6 N–H and O–H groups in total. The molecule has 15 aliphatic rings. The molecule has 0 spiro atoms. The van der Waals surface area contributed by atoms with Crippen molar-refractivity contribution in [1.82, 2.24) is 44.8 Å². The Labute approximate surface area is 856 Å². The van der Waals surface area contributed by atoms with Crippen molar-refractivity contribution in [2.45, 2.75) is 205 Å². The van der Waals surface area contributed by atoms with Gasteiger partial charge in [0.2, 0.25) is 65.5 Å². The van der Waals surface area contributed by atoms with E-state index < -0.39 is 169 Å². The fourth-order valence-electron chi connectivity index (χ4n) is 22.0. The molecule has 0 radical (unpaired) electrons. The van der Waals surface area contributed by atoms with E-state index in [0.29, 0.717) is 112 Å². The standard InChI is InChI=1S/3C37H42N4O7S/c3*1-3-23-22-37(23,36(44)40-49(45,46)26-14-15-26)38-34(42)31-20-25-21-32(31)35(43)41(2)17-9-5-4-6-10-18-47-24-13-16-28-27-11-7-8-12-29(27)33(39-48-25)30(28)19-24/h3*3,6-8,10-13,16,19,23,25-26,31-32H,1,4-5,9,14-15,17-18,20-22H2,2H3,(H,38,42)(H,40,44)/b10-6+,39-33+;10-6+,39-33-;10-6-,39-33+/t3*23-,25-,31-,32-,37-/m111/s1. The van der Waals surface area contributed by atoms with Gasteiger partial charge >= 0.3 is 0 Å². The van der Waals surface area contributed by atoms with Gasteiger partial charge in [-0.1, -0.05) is 143 Å². The summed E-state index contributed by atoms with van der Waals surface area (Å²) in [7, 11) is -6.24. The molecular weight excluding hydrogens is 1930 g/mol. The molecule has 9 saturated carbocycles. The first-order valence-electron chi connectivity index (χ1n) is 51.4. The third-order valence-electron chi connectivity index (χ3n) is 31.3. The molecule has 774 valence electrons. The van der Waals surface area contributed by atoms with Gasteiger partial charge in [0.05, 0.1) is 51.3 Å². The molecule has 15 atom stereocenters. The van der Waals surface area contributed by atoms with Crippen LogP contribution in [0.4, 0.5) is 0 Å². The van der Waals surface area contributed by atoms with Crippen molar-refractivity contribution in [2.75, 3.05) is 60.6 Å². The van der Waals surface area contributed by atoms with Crippen LogP contribution in [0, 0.1) is 53.3 Å². The number of hydrogen-bond donors (Lipinski definition) is 6. The second-order valence-electron chi connectivity index (χ2n) is 41.5. The monoisotopic (exact) mass is 2060 g/mol. The maximum Gasteiger partial charge on any atom is 0.259 e. The quantitative estimate of drug-likeness (QED) is 0.0435. The van der Waals surface area contributed by atoms with Crippen LogP contribution in [0.3, 0.4) is 0 Å². The predicted octanol–water partition coefficient (Wildman–Crippen LogP) is 12.2. The first-order valence-corrected chi connectivity index (χ1v) is 56.0. The Kier molecular flexibility index (Phi) is 29.5. The smallest absolute Gasteiger partial charge is 0.259 e. The summed E-state index contributed by atoms with van der Waals surface area (Å²) in [5.41, 5.74) is 9.13. The number of ether oxygens (including phenoxy) is 3. The summed E-state index contributed by atoms with van der Waals surface area (Å²) in [6.07, 6.45) is 27.9. The van der Waals surface area contributed by atoms with Crippen molar-refractivity contribution in [3.63, 3.8) is 0 Å². The van der Waals surface area contributed by atoms with Crippen LogP contribution < -0.4 is 44.3 Å². The zero-order chi connectivity index (χ0) is 103. The average molecular weight is 2060 g/mol. The number of oxime groups is 3. The minimum Gasteiger partial charge on any atom is -0.490 e. The molecule has 0 unspecified atom stereocenters. The lowest BCUT2D eigenvalue weighted by Crippen LogP contribution is -2.54. The minimum absolute atomic E-state index is 0.173. The van der Waals surface area contributed by atoms with Gasteiger partial charge < -0.3 is 59.4 Å². The summed E-state index contributed by atoms with van der Waals surface area (Å²) >= 11 is 0. The first kappa shape index (κ1) is 102. The van der Waals surface area contributed by atoms with Crippen LogP contribution in [0.5, 0.6) is 17.2 Å². The molecular formula is C111H126N12O21S3. The number of carbonyl (C=O) groups excluding carboxylic acids is 9. The van der Waals surface area contributed by atoms with Crippen molar-refractivity contribution in [3.05, 3.63) is 235 Å². The Morgan fingerprint density at radius 1 is 0.347 bits per heavy atom. The van der Waals surface area contributed by atoms with Crippen LogP contribution in [0.15, 0.2) is 217 Å². The largest absolute Gasteiger partial charge is 0.490 e. The molecule has 9 fully saturated rings. The van der Waals surface area contributed by atoms with Crippen LogP contribution in [-0.4, -0.2) is 222 Å². The number of nitrogens with zero attached hydrogens (tertiary/aromatic N) is 6. The van der Waals surface area contributed by atoms with E-state index in [1.807, 2.05) is 146 Å². The van der Waals surface area contributed by atoms with Gasteiger partial charge in [-0.2, -0.15) is 0 Å². The third-order valence-corrected chi connectivity index (χ3v) is 36.8. The van der Waals surface area contributed by atoms with Gasteiger partial charge in [0.15, 0.2) is 0 Å². The van der Waals surface area contributed by atoms with Crippen LogP contribution in [0.2, 0.25) is 0 Å². The molecule has 6 aromatic carbocycles. The summed E-state index contributed by atoms with van der Waals surface area (Å²) in [4.78, 5) is 148. The Balaban J connectivity index is 0.000000139. The van der Waals surface area contributed by atoms with E-state index in [1.54, 1.807) is 54.1 Å². The molecule has 3 aliphatic heterocycles. The highest BCUT2D eigenvalue weighted by Crippen LogP contribution is 2.52. The molecule has 9 amide bonds. The lowest BCUT2D eigenvalue weighted by Gasteiger charge is -2.26. The van der Waals surface area contributed by atoms with Gasteiger partial charge in [0, 0.05) is 91.9 Å². The highest BCUT2D eigenvalue weighted by molar-refractivity contribution is 7.91. The van der Waals surface area contributed by atoms with Gasteiger partial charge in [0.1, 0.15) is 89.1 Å². The third kappa shape index (κ3) is 21.8. The lowest BCUT2D eigenvalue weighted by atomic mass is 9.93. The van der Waals surface area contributed by atoms with E-state index in [9.17, 15) is 68.4 Å².